The lowest BCUT2D eigenvalue weighted by Crippen LogP contribution is -2.09. The molecule has 8 nitrogen and oxygen atoms in total. The van der Waals surface area contributed by atoms with E-state index in [-0.39, 0.29) is 5.69 Å². The largest absolute Gasteiger partial charge is 0.482 e. The number of nitro groups is 1. The summed E-state index contributed by atoms with van der Waals surface area (Å²) in [5.74, 6) is -0.802. The molecule has 2 N–H and O–H groups in total. The van der Waals surface area contributed by atoms with Crippen molar-refractivity contribution in [3.8, 4) is 5.75 Å². The van der Waals surface area contributed by atoms with Crippen LogP contribution in [0, 0.1) is 10.1 Å². The molecule has 2 aromatic carbocycles. The molecule has 0 amide bonds. The van der Waals surface area contributed by atoms with Crippen LogP contribution in [0.15, 0.2) is 47.6 Å². The first-order valence-corrected chi connectivity index (χ1v) is 7.26. The maximum absolute atomic E-state index is 12.7. The van der Waals surface area contributed by atoms with E-state index in [2.05, 4.69) is 10.5 Å². The van der Waals surface area contributed by atoms with Gasteiger partial charge in [0.25, 0.3) is 5.69 Å². The normalized spacial score (nSPS) is 11.4. The van der Waals surface area contributed by atoms with Crippen LogP contribution in [0.3, 0.4) is 0 Å². The van der Waals surface area contributed by atoms with Gasteiger partial charge in [-0.3, -0.25) is 15.5 Å². The fourth-order valence-corrected chi connectivity index (χ4v) is 1.93. The number of alkyl halides is 3. The van der Waals surface area contributed by atoms with Crippen LogP contribution in [0.2, 0.25) is 0 Å². The molecule has 0 heterocycles. The molecule has 2 rings (SSSR count). The first-order valence-electron chi connectivity index (χ1n) is 7.26. The smallest absolute Gasteiger partial charge is 0.416 e. The Morgan fingerprint density at radius 1 is 1.26 bits per heavy atom. The van der Waals surface area contributed by atoms with Crippen molar-refractivity contribution >= 4 is 23.6 Å². The fourth-order valence-electron chi connectivity index (χ4n) is 1.93. The molecular weight excluding hydrogens is 371 g/mol. The number of nitrogens with zero attached hydrogens (tertiary/aromatic N) is 2. The summed E-state index contributed by atoms with van der Waals surface area (Å²) in [5, 5.41) is 23.2. The van der Waals surface area contributed by atoms with Gasteiger partial charge in [-0.1, -0.05) is 0 Å². The van der Waals surface area contributed by atoms with Crippen LogP contribution in [0.1, 0.15) is 11.1 Å². The van der Waals surface area contributed by atoms with Gasteiger partial charge in [-0.15, -0.1) is 0 Å². The summed E-state index contributed by atoms with van der Waals surface area (Å²) in [5.41, 5.74) is 0.764. The minimum Gasteiger partial charge on any atom is -0.482 e. The van der Waals surface area contributed by atoms with E-state index in [9.17, 15) is 28.1 Å². The van der Waals surface area contributed by atoms with Crippen LogP contribution in [0.5, 0.6) is 5.75 Å². The molecule has 0 fully saturated rings. The SMILES string of the molecule is O=C(O)COc1ccc(/C=N\Nc2ccc(C(F)(F)F)cc2[N+](=O)[O-])cc1. The number of carbonyl (C=O) groups is 1. The number of rotatable bonds is 7. The molecule has 0 aromatic heterocycles. The number of aliphatic carboxylic acids is 1. The van der Waals surface area contributed by atoms with Crippen LogP contribution in [0.25, 0.3) is 0 Å². The number of carboxylic acid groups (broad SMARTS) is 1. The maximum atomic E-state index is 12.7. The molecule has 0 aliphatic rings. The zero-order valence-corrected chi connectivity index (χ0v) is 13.4. The second-order valence-electron chi connectivity index (χ2n) is 5.11. The average molecular weight is 383 g/mol. The zero-order valence-electron chi connectivity index (χ0n) is 13.4. The lowest BCUT2D eigenvalue weighted by Gasteiger charge is -2.08. The quantitative estimate of drug-likeness (QED) is 0.430. The number of hydrogen-bond acceptors (Lipinski definition) is 6. The van der Waals surface area contributed by atoms with Gasteiger partial charge in [0.2, 0.25) is 0 Å². The monoisotopic (exact) mass is 383 g/mol. The molecule has 11 heteroatoms. The van der Waals surface area contributed by atoms with Crippen LogP contribution in [0.4, 0.5) is 24.5 Å². The van der Waals surface area contributed by atoms with Gasteiger partial charge in [-0.25, -0.2) is 4.79 Å². The Bertz CT molecular complexity index is 867. The van der Waals surface area contributed by atoms with E-state index < -0.39 is 34.9 Å². The van der Waals surface area contributed by atoms with Gasteiger partial charge in [-0.05, 0) is 42.0 Å². The van der Waals surface area contributed by atoms with Crippen molar-refractivity contribution in [3.05, 3.63) is 63.7 Å². The summed E-state index contributed by atoms with van der Waals surface area (Å²) >= 11 is 0. The molecule has 2 aromatic rings. The molecule has 0 atom stereocenters. The van der Waals surface area contributed by atoms with Gasteiger partial charge in [0.15, 0.2) is 6.61 Å². The molecule has 27 heavy (non-hydrogen) atoms. The van der Waals surface area contributed by atoms with Gasteiger partial charge in [-0.2, -0.15) is 18.3 Å². The summed E-state index contributed by atoms with van der Waals surface area (Å²) < 4.78 is 42.9. The van der Waals surface area contributed by atoms with Gasteiger partial charge in [0.1, 0.15) is 11.4 Å². The summed E-state index contributed by atoms with van der Waals surface area (Å²) in [6, 6.07) is 8.12. The third-order valence-electron chi connectivity index (χ3n) is 3.16. The Labute approximate surface area is 150 Å². The van der Waals surface area contributed by atoms with Crippen molar-refractivity contribution in [1.29, 1.82) is 0 Å². The number of nitro benzene ring substituents is 1. The van der Waals surface area contributed by atoms with E-state index in [4.69, 9.17) is 9.84 Å². The Morgan fingerprint density at radius 2 is 1.93 bits per heavy atom. The van der Waals surface area contributed by atoms with Crippen molar-refractivity contribution in [2.45, 2.75) is 6.18 Å². The molecule has 0 aliphatic heterocycles. The average Bonchev–Trinajstić information content (AvgIpc) is 2.60. The second kappa shape index (κ2) is 8.17. The Kier molecular flexibility index (Phi) is 5.96. The van der Waals surface area contributed by atoms with E-state index in [1.54, 1.807) is 12.1 Å². The molecule has 142 valence electrons. The van der Waals surface area contributed by atoms with Crippen LogP contribution >= 0.6 is 0 Å². The Morgan fingerprint density at radius 3 is 2.48 bits per heavy atom. The molecule has 0 saturated heterocycles. The number of anilines is 1. The van der Waals surface area contributed by atoms with E-state index in [0.717, 1.165) is 6.07 Å². The third kappa shape index (κ3) is 5.70. The molecule has 0 unspecified atom stereocenters. The highest BCUT2D eigenvalue weighted by Gasteiger charge is 2.33. The molecule has 0 saturated carbocycles. The second-order valence-corrected chi connectivity index (χ2v) is 5.11. The summed E-state index contributed by atoms with van der Waals surface area (Å²) in [7, 11) is 0. The topological polar surface area (TPSA) is 114 Å². The molecule has 0 radical (unpaired) electrons. The van der Waals surface area contributed by atoms with Gasteiger partial charge in [0, 0.05) is 6.07 Å². The number of ether oxygens (including phenoxy) is 1. The number of halogens is 3. The molecule has 0 aliphatic carbocycles. The van der Waals surface area contributed by atoms with Crippen LogP contribution in [-0.2, 0) is 11.0 Å². The van der Waals surface area contributed by atoms with Crippen molar-refractivity contribution in [2.24, 2.45) is 5.10 Å². The van der Waals surface area contributed by atoms with Gasteiger partial charge < -0.3 is 9.84 Å². The maximum Gasteiger partial charge on any atom is 0.416 e. The highest BCUT2D eigenvalue weighted by molar-refractivity contribution is 5.80. The van der Waals surface area contributed by atoms with E-state index >= 15 is 0 Å². The fraction of sp³-hybridized carbons (Fsp3) is 0.125. The minimum atomic E-state index is -4.70. The van der Waals surface area contributed by atoms with Crippen molar-refractivity contribution < 1.29 is 32.7 Å². The summed E-state index contributed by atoms with van der Waals surface area (Å²) in [6.45, 7) is -0.493. The van der Waals surface area contributed by atoms with Crippen molar-refractivity contribution in [2.75, 3.05) is 12.0 Å². The first kappa shape index (κ1) is 19.7. The lowest BCUT2D eigenvalue weighted by molar-refractivity contribution is -0.384. The minimum absolute atomic E-state index is 0.203. The third-order valence-corrected chi connectivity index (χ3v) is 3.16. The first-order chi connectivity index (χ1) is 12.7. The number of hydrazone groups is 1. The van der Waals surface area contributed by atoms with Gasteiger partial charge >= 0.3 is 12.1 Å². The summed E-state index contributed by atoms with van der Waals surface area (Å²) in [4.78, 5) is 20.4. The van der Waals surface area contributed by atoms with E-state index in [0.29, 0.717) is 23.4 Å². The highest BCUT2D eigenvalue weighted by atomic mass is 19.4. The van der Waals surface area contributed by atoms with Crippen LogP contribution in [-0.4, -0.2) is 28.8 Å². The summed E-state index contributed by atoms with van der Waals surface area (Å²) in [6.07, 6.45) is -3.42. The van der Waals surface area contributed by atoms with E-state index in [1.165, 1.54) is 18.3 Å². The van der Waals surface area contributed by atoms with E-state index in [1.807, 2.05) is 0 Å². The Hall–Kier alpha value is -3.63. The zero-order chi connectivity index (χ0) is 20.0. The molecule has 0 spiro atoms. The van der Waals surface area contributed by atoms with Crippen molar-refractivity contribution in [1.82, 2.24) is 0 Å². The van der Waals surface area contributed by atoms with Gasteiger partial charge in [0.05, 0.1) is 16.7 Å². The van der Waals surface area contributed by atoms with Crippen LogP contribution < -0.4 is 10.2 Å². The van der Waals surface area contributed by atoms with Crippen molar-refractivity contribution in [3.63, 3.8) is 0 Å². The predicted octanol–water partition coefficient (Wildman–Crippen LogP) is 3.52. The number of carboxylic acids is 1. The number of hydrogen-bond donors (Lipinski definition) is 2. The molecular formula is C16H12F3N3O5. The highest BCUT2D eigenvalue weighted by Crippen LogP contribution is 2.34. The number of nitrogens with one attached hydrogen (secondary N) is 1. The number of benzene rings is 2. The lowest BCUT2D eigenvalue weighted by atomic mass is 10.1. The molecule has 0 bridgehead atoms. The Balaban J connectivity index is 2.09. The predicted molar refractivity (Wildman–Crippen MR) is 88.9 cm³/mol. The standard InChI is InChI=1S/C16H12F3N3O5/c17-16(18,19)11-3-6-13(14(7-11)22(25)26)21-20-8-10-1-4-12(5-2-10)27-9-15(23)24/h1-8,21H,9H2,(H,23,24)/b20-8-.